The second-order valence-electron chi connectivity index (χ2n) is 10.3. The lowest BCUT2D eigenvalue weighted by atomic mass is 10.1. The number of aromatic nitrogens is 2. The van der Waals surface area contributed by atoms with E-state index in [2.05, 4.69) is 5.10 Å². The molecule has 0 amide bonds. The number of alkyl halides is 3. The van der Waals surface area contributed by atoms with Gasteiger partial charge in [-0.05, 0) is 55.8 Å². The SMILES string of the molecule is CC(C)S(=O)(=O)c1ccc(S(=O)(=O)n2nc(N3CCN(Cc4ccccc4)CC3C(F)(F)F)c3c(F)cccc32)cc1. The number of piperazine rings is 1. The number of fused-ring (bicyclic) bond motifs is 1. The van der Waals surface area contributed by atoms with Crippen LogP contribution in [0.15, 0.2) is 82.6 Å². The maximum atomic E-state index is 15.2. The zero-order valence-corrected chi connectivity index (χ0v) is 24.3. The molecule has 1 aliphatic rings. The summed E-state index contributed by atoms with van der Waals surface area (Å²) in [6.45, 7) is 2.84. The highest BCUT2D eigenvalue weighted by Gasteiger charge is 2.48. The molecule has 1 atom stereocenters. The Morgan fingerprint density at radius 1 is 0.881 bits per heavy atom. The van der Waals surface area contributed by atoms with Gasteiger partial charge >= 0.3 is 6.18 Å². The zero-order chi connectivity index (χ0) is 30.4. The molecule has 1 saturated heterocycles. The van der Waals surface area contributed by atoms with E-state index < -0.39 is 55.5 Å². The molecule has 0 spiro atoms. The lowest BCUT2D eigenvalue weighted by Gasteiger charge is -2.42. The van der Waals surface area contributed by atoms with E-state index in [-0.39, 0.29) is 40.3 Å². The average Bonchev–Trinajstić information content (AvgIpc) is 3.35. The van der Waals surface area contributed by atoms with Crippen molar-refractivity contribution in [3.63, 3.8) is 0 Å². The monoisotopic (exact) mass is 624 g/mol. The summed E-state index contributed by atoms with van der Waals surface area (Å²) in [7, 11) is -8.24. The Hall–Kier alpha value is -3.49. The zero-order valence-electron chi connectivity index (χ0n) is 22.7. The van der Waals surface area contributed by atoms with E-state index in [9.17, 15) is 30.0 Å². The van der Waals surface area contributed by atoms with Gasteiger partial charge in [0.05, 0.1) is 25.9 Å². The van der Waals surface area contributed by atoms with Gasteiger partial charge in [0, 0.05) is 26.2 Å². The largest absolute Gasteiger partial charge is 0.410 e. The van der Waals surface area contributed by atoms with Crippen molar-refractivity contribution in [3.8, 4) is 0 Å². The molecule has 1 aliphatic heterocycles. The van der Waals surface area contributed by atoms with Crippen LogP contribution >= 0.6 is 0 Å². The second-order valence-corrected chi connectivity index (χ2v) is 14.6. The molecule has 4 aromatic rings. The predicted octanol–water partition coefficient (Wildman–Crippen LogP) is 4.85. The Kier molecular flexibility index (Phi) is 7.83. The van der Waals surface area contributed by atoms with Gasteiger partial charge in [0.15, 0.2) is 15.7 Å². The van der Waals surface area contributed by atoms with Crippen LogP contribution in [0.1, 0.15) is 19.4 Å². The Morgan fingerprint density at radius 3 is 2.14 bits per heavy atom. The number of benzene rings is 3. The summed E-state index contributed by atoms with van der Waals surface area (Å²) in [5, 5.41) is 2.98. The summed E-state index contributed by atoms with van der Waals surface area (Å²) in [5.41, 5.74) is 0.600. The molecule has 42 heavy (non-hydrogen) atoms. The van der Waals surface area contributed by atoms with Crippen molar-refractivity contribution in [2.24, 2.45) is 0 Å². The topological polar surface area (TPSA) is 92.6 Å². The first-order chi connectivity index (χ1) is 19.7. The van der Waals surface area contributed by atoms with E-state index in [1.54, 1.807) is 17.0 Å². The number of anilines is 1. The molecule has 1 fully saturated rings. The summed E-state index contributed by atoms with van der Waals surface area (Å²) in [4.78, 5) is 2.11. The van der Waals surface area contributed by atoms with Crippen LogP contribution < -0.4 is 4.90 Å². The van der Waals surface area contributed by atoms with E-state index in [1.807, 2.05) is 18.2 Å². The molecule has 2 heterocycles. The molecule has 224 valence electrons. The summed E-state index contributed by atoms with van der Waals surface area (Å²) in [6.07, 6.45) is -4.73. The fourth-order valence-electron chi connectivity index (χ4n) is 5.00. The van der Waals surface area contributed by atoms with Crippen LogP contribution in [-0.2, 0) is 26.4 Å². The van der Waals surface area contributed by atoms with Crippen LogP contribution in [0, 0.1) is 5.82 Å². The number of hydrogen-bond donors (Lipinski definition) is 0. The number of hydrogen-bond acceptors (Lipinski definition) is 7. The van der Waals surface area contributed by atoms with Crippen LogP contribution in [0.4, 0.5) is 23.4 Å². The van der Waals surface area contributed by atoms with Gasteiger partial charge in [0.2, 0.25) is 0 Å². The smallest absolute Gasteiger partial charge is 0.340 e. The summed E-state index contributed by atoms with van der Waals surface area (Å²) < 4.78 is 111. The van der Waals surface area contributed by atoms with Gasteiger partial charge in [-0.15, -0.1) is 5.10 Å². The third kappa shape index (κ3) is 5.50. The standard InChI is InChI=1S/C28H28F4N4O4S2/c1-19(2)41(37,38)21-11-13-22(14-12-21)42(39,40)36-24-10-6-9-23(29)26(24)27(33-36)35-16-15-34(18-25(35)28(30,31)32)17-20-7-4-3-5-8-20/h3-14,19,25H,15-18H2,1-2H3. The molecule has 0 saturated carbocycles. The molecule has 0 radical (unpaired) electrons. The van der Waals surface area contributed by atoms with Gasteiger partial charge in [-0.3, -0.25) is 4.90 Å². The Balaban J connectivity index is 1.56. The van der Waals surface area contributed by atoms with E-state index >= 15 is 4.39 Å². The van der Waals surface area contributed by atoms with Crippen LogP contribution in [-0.4, -0.2) is 68.0 Å². The molecule has 0 bridgehead atoms. The minimum absolute atomic E-state index is 0.0881. The molecule has 0 N–H and O–H groups in total. The van der Waals surface area contributed by atoms with Crippen molar-refractivity contribution in [3.05, 3.63) is 84.2 Å². The highest BCUT2D eigenvalue weighted by atomic mass is 32.2. The quantitative estimate of drug-likeness (QED) is 0.272. The third-order valence-electron chi connectivity index (χ3n) is 7.27. The van der Waals surface area contributed by atoms with Crippen LogP contribution in [0.3, 0.4) is 0 Å². The van der Waals surface area contributed by atoms with Gasteiger partial charge in [-0.1, -0.05) is 36.4 Å². The molecule has 14 heteroatoms. The Bertz CT molecular complexity index is 1810. The molecular formula is C28H28F4N4O4S2. The van der Waals surface area contributed by atoms with E-state index in [4.69, 9.17) is 0 Å². The second kappa shape index (κ2) is 11.0. The van der Waals surface area contributed by atoms with Crippen molar-refractivity contribution >= 4 is 36.6 Å². The fourth-order valence-corrected chi connectivity index (χ4v) is 7.33. The lowest BCUT2D eigenvalue weighted by Crippen LogP contribution is -2.59. The molecule has 8 nitrogen and oxygen atoms in total. The first kappa shape index (κ1) is 30.0. The van der Waals surface area contributed by atoms with Crippen LogP contribution in [0.2, 0.25) is 0 Å². The van der Waals surface area contributed by atoms with Crippen LogP contribution in [0.5, 0.6) is 0 Å². The van der Waals surface area contributed by atoms with Gasteiger partial charge in [0.1, 0.15) is 11.9 Å². The number of rotatable bonds is 7. The van der Waals surface area contributed by atoms with E-state index in [0.29, 0.717) is 4.09 Å². The molecule has 1 aromatic heterocycles. The van der Waals surface area contributed by atoms with Crippen LogP contribution in [0.25, 0.3) is 10.9 Å². The van der Waals surface area contributed by atoms with Gasteiger partial charge in [0.25, 0.3) is 10.0 Å². The molecule has 1 unspecified atom stereocenters. The predicted molar refractivity (Wildman–Crippen MR) is 150 cm³/mol. The average molecular weight is 625 g/mol. The van der Waals surface area contributed by atoms with Crippen molar-refractivity contribution in [2.75, 3.05) is 24.5 Å². The first-order valence-corrected chi connectivity index (χ1v) is 16.1. The maximum Gasteiger partial charge on any atom is 0.410 e. The first-order valence-electron chi connectivity index (χ1n) is 13.1. The van der Waals surface area contributed by atoms with Crippen molar-refractivity contribution in [1.29, 1.82) is 0 Å². The van der Waals surface area contributed by atoms with Crippen molar-refractivity contribution in [1.82, 2.24) is 14.1 Å². The molecule has 0 aliphatic carbocycles. The van der Waals surface area contributed by atoms with Gasteiger partial charge in [-0.25, -0.2) is 12.8 Å². The van der Waals surface area contributed by atoms with Gasteiger partial charge in [-0.2, -0.15) is 25.7 Å². The molecule has 3 aromatic carbocycles. The normalized spacial score (nSPS) is 17.3. The molecular weight excluding hydrogens is 596 g/mol. The molecule has 5 rings (SSSR count). The summed E-state index contributed by atoms with van der Waals surface area (Å²) in [6, 6.07) is 14.9. The number of halogens is 4. The van der Waals surface area contributed by atoms with E-state index in [0.717, 1.165) is 40.8 Å². The summed E-state index contributed by atoms with van der Waals surface area (Å²) >= 11 is 0. The Morgan fingerprint density at radius 2 is 1.52 bits per heavy atom. The third-order valence-corrected chi connectivity index (χ3v) is 11.0. The maximum absolute atomic E-state index is 15.2. The highest BCUT2D eigenvalue weighted by Crippen LogP contribution is 2.37. The van der Waals surface area contributed by atoms with Gasteiger partial charge < -0.3 is 4.90 Å². The van der Waals surface area contributed by atoms with E-state index in [1.165, 1.54) is 26.0 Å². The number of nitrogens with zero attached hydrogens (tertiary/aromatic N) is 4. The fraction of sp³-hybridized carbons (Fsp3) is 0.321. The van der Waals surface area contributed by atoms with Crippen molar-refractivity contribution in [2.45, 2.75) is 47.7 Å². The lowest BCUT2D eigenvalue weighted by molar-refractivity contribution is -0.157. The highest BCUT2D eigenvalue weighted by molar-refractivity contribution is 7.92. The minimum Gasteiger partial charge on any atom is -0.340 e. The number of sulfone groups is 1. The van der Waals surface area contributed by atoms with Crippen molar-refractivity contribution < 1.29 is 34.4 Å². The Labute approximate surface area is 241 Å². The minimum atomic E-state index is -4.73. The summed E-state index contributed by atoms with van der Waals surface area (Å²) in [5.74, 6) is -1.36.